The zero-order valence-corrected chi connectivity index (χ0v) is 8.39. The van der Waals surface area contributed by atoms with Gasteiger partial charge in [-0.15, -0.1) is 6.42 Å². The van der Waals surface area contributed by atoms with E-state index in [9.17, 15) is 0 Å². The minimum atomic E-state index is 0.0713. The van der Waals surface area contributed by atoms with Crippen molar-refractivity contribution in [1.82, 2.24) is 5.32 Å². The highest BCUT2D eigenvalue weighted by molar-refractivity contribution is 9.10. The third kappa shape index (κ3) is 2.40. The summed E-state index contributed by atoms with van der Waals surface area (Å²) in [7, 11) is 0. The topological polar surface area (TPSA) is 25.2 Å². The monoisotopic (exact) mass is 227 g/mol. The molecule has 0 bridgehead atoms. The third-order valence-electron chi connectivity index (χ3n) is 1.51. The van der Waals surface area contributed by atoms with E-state index in [1.54, 1.807) is 6.26 Å². The second kappa shape index (κ2) is 4.34. The van der Waals surface area contributed by atoms with E-state index in [1.165, 1.54) is 0 Å². The molecule has 2 nitrogen and oxygen atoms in total. The van der Waals surface area contributed by atoms with Crippen molar-refractivity contribution in [2.24, 2.45) is 0 Å². The van der Waals surface area contributed by atoms with Gasteiger partial charge in [0.25, 0.3) is 0 Å². The van der Waals surface area contributed by atoms with Crippen molar-refractivity contribution in [3.05, 3.63) is 22.6 Å². The van der Waals surface area contributed by atoms with Crippen LogP contribution in [0.15, 0.2) is 21.2 Å². The predicted molar refractivity (Wildman–Crippen MR) is 51.5 cm³/mol. The van der Waals surface area contributed by atoms with E-state index in [2.05, 4.69) is 27.2 Å². The Hall–Kier alpha value is -0.720. The molecule has 0 radical (unpaired) electrons. The summed E-state index contributed by atoms with van der Waals surface area (Å²) in [6, 6.07) is 1.93. The van der Waals surface area contributed by atoms with Crippen LogP contribution < -0.4 is 5.32 Å². The van der Waals surface area contributed by atoms with Gasteiger partial charge in [0.2, 0.25) is 0 Å². The Labute approximate surface area is 80.5 Å². The van der Waals surface area contributed by atoms with E-state index in [0.717, 1.165) is 10.2 Å². The summed E-state index contributed by atoms with van der Waals surface area (Å²) in [5.41, 5.74) is 0. The maximum Gasteiger partial charge on any atom is 0.131 e. The predicted octanol–water partition coefficient (Wildman–Crippen LogP) is 2.15. The van der Waals surface area contributed by atoms with Gasteiger partial charge in [-0.1, -0.05) is 5.92 Å². The molecule has 0 aliphatic carbocycles. The lowest BCUT2D eigenvalue weighted by Crippen LogP contribution is -2.23. The lowest BCUT2D eigenvalue weighted by atomic mass is 10.3. The average Bonchev–Trinajstić information content (AvgIpc) is 2.47. The zero-order chi connectivity index (χ0) is 8.97. The minimum Gasteiger partial charge on any atom is -0.467 e. The van der Waals surface area contributed by atoms with Gasteiger partial charge in [0.15, 0.2) is 0 Å². The van der Waals surface area contributed by atoms with Crippen molar-refractivity contribution in [1.29, 1.82) is 0 Å². The Balaban J connectivity index is 2.44. The molecule has 1 unspecified atom stereocenters. The van der Waals surface area contributed by atoms with Gasteiger partial charge < -0.3 is 4.42 Å². The third-order valence-corrected chi connectivity index (χ3v) is 2.22. The first-order valence-electron chi connectivity index (χ1n) is 3.65. The highest BCUT2D eigenvalue weighted by atomic mass is 79.9. The minimum absolute atomic E-state index is 0.0713. The largest absolute Gasteiger partial charge is 0.467 e. The molecular weight excluding hydrogens is 218 g/mol. The van der Waals surface area contributed by atoms with Crippen molar-refractivity contribution >= 4 is 15.9 Å². The van der Waals surface area contributed by atoms with Crippen LogP contribution in [-0.4, -0.2) is 6.04 Å². The molecule has 3 heteroatoms. The Kier molecular flexibility index (Phi) is 3.39. The van der Waals surface area contributed by atoms with E-state index >= 15 is 0 Å². The van der Waals surface area contributed by atoms with Gasteiger partial charge in [-0.3, -0.25) is 5.32 Å². The average molecular weight is 228 g/mol. The van der Waals surface area contributed by atoms with Crippen molar-refractivity contribution in [2.45, 2.75) is 19.5 Å². The van der Waals surface area contributed by atoms with Crippen LogP contribution in [0.4, 0.5) is 0 Å². The van der Waals surface area contributed by atoms with Gasteiger partial charge in [0.05, 0.1) is 23.3 Å². The van der Waals surface area contributed by atoms with Gasteiger partial charge in [-0.05, 0) is 28.9 Å². The summed E-state index contributed by atoms with van der Waals surface area (Å²) in [5.74, 6) is 3.45. The fourth-order valence-electron chi connectivity index (χ4n) is 0.756. The molecule has 0 saturated carbocycles. The molecule has 0 amide bonds. The second-order valence-electron chi connectivity index (χ2n) is 2.46. The number of hydrogen-bond acceptors (Lipinski definition) is 2. The molecule has 1 aromatic heterocycles. The second-order valence-corrected chi connectivity index (χ2v) is 3.32. The molecular formula is C9H10BrNO. The number of furan rings is 1. The number of nitrogens with one attached hydrogen (secondary N) is 1. The SMILES string of the molecule is C#CC(C)NCc1occc1Br. The van der Waals surface area contributed by atoms with Crippen LogP contribution in [0, 0.1) is 12.3 Å². The molecule has 1 heterocycles. The summed E-state index contributed by atoms with van der Waals surface area (Å²) >= 11 is 3.35. The van der Waals surface area contributed by atoms with E-state index < -0.39 is 0 Å². The molecule has 12 heavy (non-hydrogen) atoms. The molecule has 0 aromatic carbocycles. The maximum absolute atomic E-state index is 5.19. The normalized spacial score (nSPS) is 12.4. The van der Waals surface area contributed by atoms with Crippen molar-refractivity contribution in [2.75, 3.05) is 0 Å². The number of hydrogen-bond donors (Lipinski definition) is 1. The van der Waals surface area contributed by atoms with Gasteiger partial charge in [0.1, 0.15) is 5.76 Å². The molecule has 1 atom stereocenters. The molecule has 1 rings (SSSR count). The Bertz CT molecular complexity index is 287. The summed E-state index contributed by atoms with van der Waals surface area (Å²) in [6.45, 7) is 2.58. The molecule has 0 aliphatic heterocycles. The summed E-state index contributed by atoms with van der Waals surface area (Å²) < 4.78 is 6.15. The Morgan fingerprint density at radius 1 is 1.83 bits per heavy atom. The van der Waals surface area contributed by atoms with Crippen LogP contribution in [0.1, 0.15) is 12.7 Å². The lowest BCUT2D eigenvalue weighted by Gasteiger charge is -2.04. The van der Waals surface area contributed by atoms with Crippen LogP contribution in [0.3, 0.4) is 0 Å². The zero-order valence-electron chi connectivity index (χ0n) is 6.80. The first kappa shape index (κ1) is 9.37. The van der Waals surface area contributed by atoms with E-state index in [4.69, 9.17) is 10.8 Å². The Morgan fingerprint density at radius 3 is 3.08 bits per heavy atom. The van der Waals surface area contributed by atoms with Gasteiger partial charge in [-0.25, -0.2) is 0 Å². The summed E-state index contributed by atoms with van der Waals surface area (Å²) in [4.78, 5) is 0. The van der Waals surface area contributed by atoms with Crippen LogP contribution in [0.25, 0.3) is 0 Å². The quantitative estimate of drug-likeness (QED) is 0.802. The van der Waals surface area contributed by atoms with Crippen LogP contribution in [-0.2, 0) is 6.54 Å². The molecule has 64 valence electrons. The number of terminal acetylenes is 1. The standard InChI is InChI=1S/C9H10BrNO/c1-3-7(2)11-6-9-8(10)4-5-12-9/h1,4-5,7,11H,6H2,2H3. The molecule has 0 fully saturated rings. The van der Waals surface area contributed by atoms with E-state index in [0.29, 0.717) is 6.54 Å². The number of halogens is 1. The fourth-order valence-corrected chi connectivity index (χ4v) is 1.10. The molecule has 1 aromatic rings. The summed E-state index contributed by atoms with van der Waals surface area (Å²) in [6.07, 6.45) is 6.84. The highest BCUT2D eigenvalue weighted by Gasteiger charge is 2.03. The molecule has 0 spiro atoms. The van der Waals surface area contributed by atoms with Gasteiger partial charge in [0, 0.05) is 0 Å². The van der Waals surface area contributed by atoms with Crippen molar-refractivity contribution in [3.63, 3.8) is 0 Å². The lowest BCUT2D eigenvalue weighted by molar-refractivity contribution is 0.474. The molecule has 0 saturated heterocycles. The molecule has 1 N–H and O–H groups in total. The van der Waals surface area contributed by atoms with Gasteiger partial charge >= 0.3 is 0 Å². The highest BCUT2D eigenvalue weighted by Crippen LogP contribution is 2.16. The first-order valence-corrected chi connectivity index (χ1v) is 4.44. The molecule has 0 aliphatic rings. The van der Waals surface area contributed by atoms with Crippen molar-refractivity contribution < 1.29 is 4.42 Å². The number of rotatable bonds is 3. The van der Waals surface area contributed by atoms with Crippen LogP contribution >= 0.6 is 15.9 Å². The van der Waals surface area contributed by atoms with E-state index in [1.807, 2.05) is 13.0 Å². The fraction of sp³-hybridized carbons (Fsp3) is 0.333. The maximum atomic E-state index is 5.19. The van der Waals surface area contributed by atoms with E-state index in [-0.39, 0.29) is 6.04 Å². The van der Waals surface area contributed by atoms with Crippen LogP contribution in [0.2, 0.25) is 0 Å². The summed E-state index contributed by atoms with van der Waals surface area (Å²) in [5, 5.41) is 3.12. The smallest absolute Gasteiger partial charge is 0.131 e. The van der Waals surface area contributed by atoms with Crippen molar-refractivity contribution in [3.8, 4) is 12.3 Å². The van der Waals surface area contributed by atoms with Gasteiger partial charge in [-0.2, -0.15) is 0 Å². The first-order chi connectivity index (χ1) is 5.74. The Morgan fingerprint density at radius 2 is 2.58 bits per heavy atom. The van der Waals surface area contributed by atoms with Crippen LogP contribution in [0.5, 0.6) is 0 Å².